The average Bonchev–Trinajstić information content (AvgIpc) is 2.62. The van der Waals surface area contributed by atoms with E-state index in [9.17, 15) is 4.79 Å². The van der Waals surface area contributed by atoms with Gasteiger partial charge in [0.2, 0.25) is 0 Å². The molecule has 0 atom stereocenters. The topological polar surface area (TPSA) is 84.1 Å². The molecular formula is C18H23N5O. The van der Waals surface area contributed by atoms with Gasteiger partial charge in [0.1, 0.15) is 12.1 Å². The van der Waals surface area contributed by atoms with Crippen molar-refractivity contribution in [2.45, 2.75) is 32.4 Å². The van der Waals surface area contributed by atoms with Crippen LogP contribution < -0.4 is 11.1 Å². The van der Waals surface area contributed by atoms with E-state index in [1.165, 1.54) is 50.4 Å². The van der Waals surface area contributed by atoms with Crippen LogP contribution >= 0.6 is 0 Å². The summed E-state index contributed by atoms with van der Waals surface area (Å²) in [5, 5.41) is 2.85. The van der Waals surface area contributed by atoms with Crippen LogP contribution in [0.4, 0.5) is 5.82 Å². The van der Waals surface area contributed by atoms with Gasteiger partial charge in [-0.25, -0.2) is 9.97 Å². The van der Waals surface area contributed by atoms with E-state index in [0.717, 1.165) is 12.1 Å². The molecule has 0 radical (unpaired) electrons. The minimum absolute atomic E-state index is 0.194. The van der Waals surface area contributed by atoms with Crippen molar-refractivity contribution < 1.29 is 4.79 Å². The minimum atomic E-state index is -0.259. The van der Waals surface area contributed by atoms with Gasteiger partial charge in [-0.1, -0.05) is 30.7 Å². The summed E-state index contributed by atoms with van der Waals surface area (Å²) in [5.74, 6) is -0.0649. The van der Waals surface area contributed by atoms with Crippen molar-refractivity contribution in [1.82, 2.24) is 20.2 Å². The predicted octanol–water partition coefficient (Wildman–Crippen LogP) is 1.97. The summed E-state index contributed by atoms with van der Waals surface area (Å²) in [6, 6.07) is 8.39. The number of anilines is 1. The molecule has 1 aromatic heterocycles. The third-order valence-electron chi connectivity index (χ3n) is 4.32. The highest BCUT2D eigenvalue weighted by atomic mass is 16.1. The molecule has 3 N–H and O–H groups in total. The van der Waals surface area contributed by atoms with Crippen molar-refractivity contribution in [3.05, 3.63) is 53.5 Å². The highest BCUT2D eigenvalue weighted by Crippen LogP contribution is 2.14. The summed E-state index contributed by atoms with van der Waals surface area (Å²) in [6.07, 6.45) is 6.71. The van der Waals surface area contributed by atoms with Crippen LogP contribution in [0.25, 0.3) is 0 Å². The molecule has 1 aliphatic rings. The van der Waals surface area contributed by atoms with Crippen LogP contribution in [0.3, 0.4) is 0 Å². The Kier molecular flexibility index (Phi) is 5.38. The molecule has 0 spiro atoms. The lowest BCUT2D eigenvalue weighted by atomic mass is 10.1. The molecule has 6 heteroatoms. The number of aromatic nitrogens is 2. The maximum atomic E-state index is 12.1. The van der Waals surface area contributed by atoms with E-state index in [0.29, 0.717) is 12.1 Å². The number of carbonyl (C=O) groups excluding carboxylic acids is 1. The molecule has 1 aliphatic heterocycles. The highest BCUT2D eigenvalue weighted by molar-refractivity contribution is 5.97. The van der Waals surface area contributed by atoms with Crippen LogP contribution in [0, 0.1) is 0 Å². The number of amides is 1. The fourth-order valence-electron chi connectivity index (χ4n) is 2.93. The number of piperidine rings is 1. The van der Waals surface area contributed by atoms with E-state index in [4.69, 9.17) is 5.73 Å². The first kappa shape index (κ1) is 16.4. The fraction of sp³-hybridized carbons (Fsp3) is 0.389. The summed E-state index contributed by atoms with van der Waals surface area (Å²) >= 11 is 0. The van der Waals surface area contributed by atoms with Crippen LogP contribution in [0.15, 0.2) is 36.8 Å². The Morgan fingerprint density at radius 2 is 1.83 bits per heavy atom. The Morgan fingerprint density at radius 1 is 1.12 bits per heavy atom. The van der Waals surface area contributed by atoms with Crippen molar-refractivity contribution in [2.24, 2.45) is 0 Å². The molecular weight excluding hydrogens is 302 g/mol. The molecule has 6 nitrogen and oxygen atoms in total. The molecule has 0 aliphatic carbocycles. The first-order chi connectivity index (χ1) is 11.7. The first-order valence-corrected chi connectivity index (χ1v) is 8.36. The predicted molar refractivity (Wildman–Crippen MR) is 93.2 cm³/mol. The molecule has 24 heavy (non-hydrogen) atoms. The number of nitrogens with zero attached hydrogens (tertiary/aromatic N) is 3. The van der Waals surface area contributed by atoms with Gasteiger partial charge in [-0.2, -0.15) is 0 Å². The van der Waals surface area contributed by atoms with Crippen molar-refractivity contribution in [1.29, 1.82) is 0 Å². The Balaban J connectivity index is 1.52. The average molecular weight is 325 g/mol. The summed E-state index contributed by atoms with van der Waals surface area (Å²) in [5.41, 5.74) is 8.36. The van der Waals surface area contributed by atoms with Crippen molar-refractivity contribution in [3.63, 3.8) is 0 Å². The lowest BCUT2D eigenvalue weighted by Crippen LogP contribution is -2.29. The number of rotatable bonds is 5. The number of carbonyl (C=O) groups is 1. The lowest BCUT2D eigenvalue weighted by molar-refractivity contribution is 0.0951. The van der Waals surface area contributed by atoms with Gasteiger partial charge in [0.25, 0.3) is 5.91 Å². The van der Waals surface area contributed by atoms with Crippen LogP contribution in [0.5, 0.6) is 0 Å². The highest BCUT2D eigenvalue weighted by Gasteiger charge is 2.11. The molecule has 2 heterocycles. The zero-order valence-corrected chi connectivity index (χ0v) is 13.7. The number of likely N-dealkylation sites (tertiary alicyclic amines) is 1. The zero-order valence-electron chi connectivity index (χ0n) is 13.7. The minimum Gasteiger partial charge on any atom is -0.383 e. The van der Waals surface area contributed by atoms with E-state index in [1.807, 2.05) is 0 Å². The van der Waals surface area contributed by atoms with Gasteiger partial charge in [0, 0.05) is 19.3 Å². The zero-order chi connectivity index (χ0) is 16.8. The molecule has 126 valence electrons. The number of benzene rings is 1. The third kappa shape index (κ3) is 4.29. The molecule has 1 aromatic carbocycles. The smallest absolute Gasteiger partial charge is 0.256 e. The van der Waals surface area contributed by atoms with Crippen molar-refractivity contribution >= 4 is 11.7 Å². The number of nitrogen functional groups attached to an aromatic ring is 1. The van der Waals surface area contributed by atoms with Crippen molar-refractivity contribution in [2.75, 3.05) is 18.8 Å². The molecule has 1 saturated heterocycles. The molecule has 0 saturated carbocycles. The second-order valence-corrected chi connectivity index (χ2v) is 6.16. The van der Waals surface area contributed by atoms with E-state index < -0.39 is 0 Å². The monoisotopic (exact) mass is 325 g/mol. The fourth-order valence-corrected chi connectivity index (χ4v) is 2.93. The first-order valence-electron chi connectivity index (χ1n) is 8.36. The largest absolute Gasteiger partial charge is 0.383 e. The molecule has 3 rings (SSSR count). The maximum Gasteiger partial charge on any atom is 0.256 e. The Hall–Kier alpha value is -2.47. The second-order valence-electron chi connectivity index (χ2n) is 6.16. The normalized spacial score (nSPS) is 15.2. The molecule has 0 bridgehead atoms. The third-order valence-corrected chi connectivity index (χ3v) is 4.32. The summed E-state index contributed by atoms with van der Waals surface area (Å²) in [6.45, 7) is 3.85. The number of hydrogen-bond donors (Lipinski definition) is 2. The Labute approximate surface area is 142 Å². The van der Waals surface area contributed by atoms with Gasteiger partial charge >= 0.3 is 0 Å². The van der Waals surface area contributed by atoms with E-state index in [2.05, 4.69) is 44.5 Å². The second kappa shape index (κ2) is 7.88. The van der Waals surface area contributed by atoms with Crippen LogP contribution in [0.2, 0.25) is 0 Å². The number of nitrogens with one attached hydrogen (secondary N) is 1. The quantitative estimate of drug-likeness (QED) is 0.878. The van der Waals surface area contributed by atoms with Gasteiger partial charge in [-0.15, -0.1) is 0 Å². The summed E-state index contributed by atoms with van der Waals surface area (Å²) in [7, 11) is 0. The van der Waals surface area contributed by atoms with Gasteiger partial charge in [0.15, 0.2) is 0 Å². The van der Waals surface area contributed by atoms with Gasteiger partial charge in [0.05, 0.1) is 5.56 Å². The van der Waals surface area contributed by atoms with Crippen LogP contribution in [-0.4, -0.2) is 33.9 Å². The van der Waals surface area contributed by atoms with Gasteiger partial charge in [-0.3, -0.25) is 9.69 Å². The van der Waals surface area contributed by atoms with Crippen LogP contribution in [0.1, 0.15) is 40.7 Å². The van der Waals surface area contributed by atoms with E-state index >= 15 is 0 Å². The SMILES string of the molecule is Nc1ncncc1C(=O)NCc1ccc(CN2CCCCC2)cc1. The Morgan fingerprint density at radius 3 is 2.54 bits per heavy atom. The van der Waals surface area contributed by atoms with E-state index in [-0.39, 0.29) is 11.7 Å². The summed E-state index contributed by atoms with van der Waals surface area (Å²) < 4.78 is 0. The molecule has 1 fully saturated rings. The molecule has 0 unspecified atom stereocenters. The number of hydrogen-bond acceptors (Lipinski definition) is 5. The standard InChI is InChI=1S/C18H23N5O/c19-17-16(11-20-13-22-17)18(24)21-10-14-4-6-15(7-5-14)12-23-8-2-1-3-9-23/h4-7,11,13H,1-3,8-10,12H2,(H,21,24)(H2,19,20,22). The molecule has 2 aromatic rings. The maximum absolute atomic E-state index is 12.1. The lowest BCUT2D eigenvalue weighted by Gasteiger charge is -2.26. The van der Waals surface area contributed by atoms with Crippen LogP contribution in [-0.2, 0) is 13.1 Å². The van der Waals surface area contributed by atoms with E-state index in [1.54, 1.807) is 0 Å². The van der Waals surface area contributed by atoms with Gasteiger partial charge in [-0.05, 0) is 37.1 Å². The Bertz CT molecular complexity index is 680. The summed E-state index contributed by atoms with van der Waals surface area (Å²) in [4.78, 5) is 22.2. The van der Waals surface area contributed by atoms with Gasteiger partial charge < -0.3 is 11.1 Å². The van der Waals surface area contributed by atoms with Crippen molar-refractivity contribution in [3.8, 4) is 0 Å². The number of nitrogens with two attached hydrogens (primary N) is 1. The molecule has 1 amide bonds.